The number of carbonyl (C=O) groups excluding carboxylic acids is 5. The minimum Gasteiger partial charge on any atom is -0.449 e. The summed E-state index contributed by atoms with van der Waals surface area (Å²) in [5.41, 5.74) is 1.30. The monoisotopic (exact) mass is 657 g/mol. The van der Waals surface area contributed by atoms with E-state index in [2.05, 4.69) is 21.9 Å². The Morgan fingerprint density at radius 3 is 2.57 bits per heavy atom. The van der Waals surface area contributed by atoms with Crippen LogP contribution in [-0.4, -0.2) is 90.3 Å². The SMILES string of the molecule is C=CC1CC1(NC(=O)C1CC2CN1C(=O)C(C(C)C)NC(=O)OCCc1cccc3c1CN(C3)C(=O)O2)C(=O)NS(=O)(=O)C1CC1. The molecular formula is C31H39N5O9S. The van der Waals surface area contributed by atoms with Gasteiger partial charge in [0, 0.05) is 31.8 Å². The predicted octanol–water partition coefficient (Wildman–Crippen LogP) is 1.08. The lowest BCUT2D eigenvalue weighted by atomic mass is 10.0. The van der Waals surface area contributed by atoms with Crippen LogP contribution in [0.5, 0.6) is 0 Å². The highest BCUT2D eigenvalue weighted by Crippen LogP contribution is 2.45. The van der Waals surface area contributed by atoms with Gasteiger partial charge in [-0.2, -0.15) is 0 Å². The molecule has 5 amide bonds. The Labute approximate surface area is 267 Å². The number of ether oxygens (including phenoxy) is 2. The van der Waals surface area contributed by atoms with Crippen molar-refractivity contribution in [1.29, 1.82) is 0 Å². The second-order valence-corrected chi connectivity index (χ2v) is 15.1. The van der Waals surface area contributed by atoms with E-state index in [1.807, 2.05) is 18.2 Å². The molecule has 1 aromatic carbocycles. The number of cyclic esters (lactones) is 1. The normalized spacial score (nSPS) is 29.5. The summed E-state index contributed by atoms with van der Waals surface area (Å²) in [6.07, 6.45) is 0.627. The summed E-state index contributed by atoms with van der Waals surface area (Å²) in [7, 11) is -3.89. The third kappa shape index (κ3) is 6.04. The molecule has 3 heterocycles. The zero-order valence-electron chi connectivity index (χ0n) is 25.8. The molecule has 2 aliphatic carbocycles. The molecule has 3 aliphatic heterocycles. The topological polar surface area (TPSA) is 181 Å². The molecule has 14 nitrogen and oxygen atoms in total. The van der Waals surface area contributed by atoms with Gasteiger partial charge in [0.2, 0.25) is 21.8 Å². The van der Waals surface area contributed by atoms with Gasteiger partial charge in [-0.15, -0.1) is 6.58 Å². The Balaban J connectivity index is 1.26. The molecule has 0 spiro atoms. The zero-order valence-corrected chi connectivity index (χ0v) is 26.6. The van der Waals surface area contributed by atoms with Crippen molar-refractivity contribution in [3.8, 4) is 0 Å². The number of hydrogen-bond acceptors (Lipinski definition) is 9. The molecule has 0 aromatic heterocycles. The van der Waals surface area contributed by atoms with E-state index in [9.17, 15) is 32.4 Å². The quantitative estimate of drug-likeness (QED) is 0.362. The van der Waals surface area contributed by atoms with E-state index < -0.39 is 80.7 Å². The van der Waals surface area contributed by atoms with Gasteiger partial charge in [0.25, 0.3) is 5.91 Å². The number of sulfonamides is 1. The van der Waals surface area contributed by atoms with Crippen molar-refractivity contribution in [2.75, 3.05) is 13.2 Å². The van der Waals surface area contributed by atoms with E-state index in [1.165, 1.54) is 11.0 Å². The summed E-state index contributed by atoms with van der Waals surface area (Å²) < 4.78 is 38.5. The van der Waals surface area contributed by atoms with Crippen LogP contribution in [0.4, 0.5) is 9.59 Å². The molecule has 4 bridgehead atoms. The second kappa shape index (κ2) is 11.9. The van der Waals surface area contributed by atoms with Crippen LogP contribution in [-0.2, 0) is 53.4 Å². The van der Waals surface area contributed by atoms with Gasteiger partial charge >= 0.3 is 12.2 Å². The van der Waals surface area contributed by atoms with Gasteiger partial charge in [0.1, 0.15) is 23.7 Å². The highest BCUT2D eigenvalue weighted by atomic mass is 32.2. The Kier molecular flexibility index (Phi) is 8.23. The van der Waals surface area contributed by atoms with Crippen molar-refractivity contribution in [1.82, 2.24) is 25.2 Å². The lowest BCUT2D eigenvalue weighted by molar-refractivity contribution is -0.141. The molecule has 1 saturated heterocycles. The average Bonchev–Trinajstić information content (AvgIpc) is 3.89. The highest BCUT2D eigenvalue weighted by Gasteiger charge is 2.62. The number of amides is 5. The van der Waals surface area contributed by atoms with E-state index in [1.54, 1.807) is 18.7 Å². The predicted molar refractivity (Wildman–Crippen MR) is 162 cm³/mol. The van der Waals surface area contributed by atoms with E-state index in [0.717, 1.165) is 16.7 Å². The standard InChI is InChI=1S/C31H39N5O9S/c1-4-20-13-31(20,28(39)34-46(42,43)22-8-9-22)33-26(37)24-12-21-15-36(24)27(38)25(17(2)3)32-29(40)44-11-10-18-6-5-7-19-14-35(16-23(18)19)30(41)45-21/h4-7,17,20-22,24-25H,1,8-16H2,2-3H3,(H,32,40)(H,33,37)(H,34,39). The molecule has 5 atom stereocenters. The van der Waals surface area contributed by atoms with E-state index in [0.29, 0.717) is 32.4 Å². The van der Waals surface area contributed by atoms with Gasteiger partial charge in [-0.1, -0.05) is 38.1 Å². The van der Waals surface area contributed by atoms with Crippen LogP contribution in [0.3, 0.4) is 0 Å². The molecule has 3 fully saturated rings. The summed E-state index contributed by atoms with van der Waals surface area (Å²) in [6.45, 7) is 7.73. The highest BCUT2D eigenvalue weighted by molar-refractivity contribution is 7.91. The third-order valence-corrected chi connectivity index (χ3v) is 11.3. The minimum absolute atomic E-state index is 0.0492. The van der Waals surface area contributed by atoms with Gasteiger partial charge in [0.15, 0.2) is 0 Å². The first-order chi connectivity index (χ1) is 21.8. The maximum absolute atomic E-state index is 14.0. The first-order valence-electron chi connectivity index (χ1n) is 15.6. The lowest BCUT2D eigenvalue weighted by Crippen LogP contribution is -2.59. The van der Waals surface area contributed by atoms with E-state index in [-0.39, 0.29) is 26.0 Å². The van der Waals surface area contributed by atoms with Crippen LogP contribution in [0.15, 0.2) is 30.9 Å². The van der Waals surface area contributed by atoms with Gasteiger partial charge in [-0.3, -0.25) is 24.0 Å². The molecule has 5 unspecified atom stereocenters. The Morgan fingerprint density at radius 1 is 1.15 bits per heavy atom. The first kappa shape index (κ1) is 31.8. The fourth-order valence-electron chi connectivity index (χ4n) is 6.58. The van der Waals surface area contributed by atoms with Crippen LogP contribution in [0.1, 0.15) is 56.2 Å². The maximum atomic E-state index is 14.0. The van der Waals surface area contributed by atoms with Gasteiger partial charge in [-0.05, 0) is 41.9 Å². The summed E-state index contributed by atoms with van der Waals surface area (Å²) in [5.74, 6) is -3.08. The Morgan fingerprint density at radius 2 is 1.89 bits per heavy atom. The van der Waals surface area contributed by atoms with Crippen molar-refractivity contribution in [2.45, 2.75) is 88.0 Å². The number of hydrogen-bond donors (Lipinski definition) is 3. The molecule has 3 N–H and O–H groups in total. The number of rotatable bonds is 7. The van der Waals surface area contributed by atoms with Crippen LogP contribution in [0.2, 0.25) is 0 Å². The van der Waals surface area contributed by atoms with Crippen LogP contribution < -0.4 is 15.4 Å². The van der Waals surface area contributed by atoms with Crippen molar-refractivity contribution in [3.05, 3.63) is 47.5 Å². The van der Waals surface area contributed by atoms with E-state index >= 15 is 0 Å². The summed E-state index contributed by atoms with van der Waals surface area (Å²) >= 11 is 0. The number of nitrogens with one attached hydrogen (secondary N) is 3. The van der Waals surface area contributed by atoms with Crippen LogP contribution in [0, 0.1) is 11.8 Å². The minimum atomic E-state index is -3.89. The Hall–Kier alpha value is -4.14. The smallest absolute Gasteiger partial charge is 0.410 e. The van der Waals surface area contributed by atoms with Crippen molar-refractivity contribution in [3.63, 3.8) is 0 Å². The van der Waals surface area contributed by atoms with Crippen molar-refractivity contribution in [2.24, 2.45) is 11.8 Å². The number of carbonyl (C=O) groups is 5. The summed E-state index contributed by atoms with van der Waals surface area (Å²) in [4.78, 5) is 70.2. The van der Waals surface area contributed by atoms with Crippen molar-refractivity contribution >= 4 is 39.9 Å². The first-order valence-corrected chi connectivity index (χ1v) is 17.2. The van der Waals surface area contributed by atoms with Crippen LogP contribution in [0.25, 0.3) is 0 Å². The molecule has 2 saturated carbocycles. The van der Waals surface area contributed by atoms with Crippen LogP contribution >= 0.6 is 0 Å². The van der Waals surface area contributed by atoms with E-state index in [4.69, 9.17) is 9.47 Å². The second-order valence-electron chi connectivity index (χ2n) is 13.1. The van der Waals surface area contributed by atoms with Gasteiger partial charge < -0.3 is 25.0 Å². The Bertz CT molecular complexity index is 1590. The molecule has 5 aliphatic rings. The molecule has 0 radical (unpaired) electrons. The molecule has 1 aromatic rings. The summed E-state index contributed by atoms with van der Waals surface area (Å²) in [5, 5.41) is 4.70. The summed E-state index contributed by atoms with van der Waals surface area (Å²) in [6, 6.07) is 3.47. The molecule has 46 heavy (non-hydrogen) atoms. The van der Waals surface area contributed by atoms with Gasteiger partial charge in [-0.25, -0.2) is 18.0 Å². The lowest BCUT2D eigenvalue weighted by Gasteiger charge is -2.31. The molecular weight excluding hydrogens is 618 g/mol. The largest absolute Gasteiger partial charge is 0.449 e. The third-order valence-electron chi connectivity index (χ3n) is 9.51. The molecule has 6 rings (SSSR count). The number of nitrogens with zero attached hydrogens (tertiary/aromatic N) is 2. The fourth-order valence-corrected chi connectivity index (χ4v) is 7.94. The number of benzene rings is 1. The molecule has 15 heteroatoms. The average molecular weight is 658 g/mol. The van der Waals surface area contributed by atoms with Gasteiger partial charge in [0.05, 0.1) is 18.4 Å². The number of alkyl carbamates (subject to hydrolysis) is 1. The van der Waals surface area contributed by atoms with Crippen molar-refractivity contribution < 1.29 is 41.9 Å². The zero-order chi connectivity index (χ0) is 33.0. The maximum Gasteiger partial charge on any atom is 0.410 e. The molecule has 248 valence electrons. The fraction of sp³-hybridized carbons (Fsp3) is 0.581. The number of fused-ring (bicyclic) bond motifs is 3.